The minimum Gasteiger partial charge on any atom is -0.363 e. The average Bonchev–Trinajstić information content (AvgIpc) is 2.64. The number of aromatic nitrogens is 1. The van der Waals surface area contributed by atoms with Crippen molar-refractivity contribution in [2.24, 2.45) is 0 Å². The summed E-state index contributed by atoms with van der Waals surface area (Å²) < 4.78 is 0. The maximum absolute atomic E-state index is 11.9. The molecule has 0 spiro atoms. The zero-order valence-corrected chi connectivity index (χ0v) is 15.9. The Bertz CT molecular complexity index is 658. The molecule has 2 rings (SSSR count). The zero-order chi connectivity index (χ0) is 18.8. The Hall–Kier alpha value is -2.60. The van der Waals surface area contributed by atoms with E-state index in [9.17, 15) is 4.79 Å². The van der Waals surface area contributed by atoms with Crippen molar-refractivity contribution in [2.45, 2.75) is 19.5 Å². The molecule has 0 aliphatic rings. The number of amides is 2. The first-order valence-electron chi connectivity index (χ1n) is 8.91. The fourth-order valence-corrected chi connectivity index (χ4v) is 2.56. The van der Waals surface area contributed by atoms with Crippen molar-refractivity contribution in [3.63, 3.8) is 0 Å². The van der Waals surface area contributed by atoms with Gasteiger partial charge in [0.05, 0.1) is 0 Å². The number of rotatable bonds is 9. The Morgan fingerprint density at radius 1 is 1.00 bits per heavy atom. The smallest absolute Gasteiger partial charge is 0.315 e. The predicted molar refractivity (Wildman–Crippen MR) is 106 cm³/mol. The van der Waals surface area contributed by atoms with Gasteiger partial charge in [-0.3, -0.25) is 0 Å². The van der Waals surface area contributed by atoms with Crippen molar-refractivity contribution < 1.29 is 4.79 Å². The van der Waals surface area contributed by atoms with Gasteiger partial charge in [0.1, 0.15) is 5.82 Å². The van der Waals surface area contributed by atoms with Crippen molar-refractivity contribution >= 4 is 11.8 Å². The van der Waals surface area contributed by atoms with Gasteiger partial charge in [0, 0.05) is 39.9 Å². The van der Waals surface area contributed by atoms with E-state index in [1.54, 1.807) is 6.20 Å². The second-order valence-electron chi connectivity index (χ2n) is 6.61. The molecular weight excluding hydrogens is 326 g/mol. The van der Waals surface area contributed by atoms with Gasteiger partial charge >= 0.3 is 6.03 Å². The third kappa shape index (κ3) is 7.11. The Morgan fingerprint density at radius 2 is 1.77 bits per heavy atom. The van der Waals surface area contributed by atoms with E-state index >= 15 is 0 Å². The van der Waals surface area contributed by atoms with Gasteiger partial charge < -0.3 is 20.4 Å². The highest BCUT2D eigenvalue weighted by Gasteiger charge is 2.03. The summed E-state index contributed by atoms with van der Waals surface area (Å²) >= 11 is 0. The van der Waals surface area contributed by atoms with Crippen LogP contribution in [0, 0.1) is 0 Å². The van der Waals surface area contributed by atoms with Gasteiger partial charge in [-0.1, -0.05) is 36.4 Å². The predicted octanol–water partition coefficient (Wildman–Crippen LogP) is 2.47. The van der Waals surface area contributed by atoms with Crippen LogP contribution < -0.4 is 15.5 Å². The molecule has 26 heavy (non-hydrogen) atoms. The SMILES string of the molecule is CN(CCCNC(=O)NCc1ccc(N(C)C)nc1)Cc1ccccc1. The number of urea groups is 1. The highest BCUT2D eigenvalue weighted by Crippen LogP contribution is 2.07. The van der Waals surface area contributed by atoms with Gasteiger partial charge in [-0.2, -0.15) is 0 Å². The molecule has 2 aromatic rings. The van der Waals surface area contributed by atoms with Crippen LogP contribution in [0.1, 0.15) is 17.5 Å². The van der Waals surface area contributed by atoms with Crippen molar-refractivity contribution in [3.8, 4) is 0 Å². The molecule has 1 heterocycles. The summed E-state index contributed by atoms with van der Waals surface area (Å²) in [4.78, 5) is 20.4. The standard InChI is InChI=1S/C20H29N5O/c1-24(2)19-11-10-18(14-22-19)15-23-20(26)21-12-7-13-25(3)16-17-8-5-4-6-9-17/h4-6,8-11,14H,7,12-13,15-16H2,1-3H3,(H2,21,23,26). The highest BCUT2D eigenvalue weighted by atomic mass is 16.2. The van der Waals surface area contributed by atoms with E-state index in [0.717, 1.165) is 30.9 Å². The Balaban J connectivity index is 1.58. The van der Waals surface area contributed by atoms with Crippen LogP contribution in [0.3, 0.4) is 0 Å². The lowest BCUT2D eigenvalue weighted by molar-refractivity contribution is 0.239. The summed E-state index contributed by atoms with van der Waals surface area (Å²) in [6.07, 6.45) is 2.70. The van der Waals surface area contributed by atoms with Crippen LogP contribution >= 0.6 is 0 Å². The lowest BCUT2D eigenvalue weighted by atomic mass is 10.2. The van der Waals surface area contributed by atoms with Crippen LogP contribution in [0.5, 0.6) is 0 Å². The summed E-state index contributed by atoms with van der Waals surface area (Å²) in [5.41, 5.74) is 2.28. The first-order chi connectivity index (χ1) is 12.5. The first kappa shape index (κ1) is 19.7. The van der Waals surface area contributed by atoms with E-state index < -0.39 is 0 Å². The summed E-state index contributed by atoms with van der Waals surface area (Å²) in [7, 11) is 5.99. The molecule has 0 aliphatic heterocycles. The first-order valence-corrected chi connectivity index (χ1v) is 8.91. The van der Waals surface area contributed by atoms with Gasteiger partial charge in [0.2, 0.25) is 0 Å². The van der Waals surface area contributed by atoms with Crippen molar-refractivity contribution in [2.75, 3.05) is 39.1 Å². The van der Waals surface area contributed by atoms with Crippen LogP contribution in [-0.4, -0.2) is 50.1 Å². The molecule has 1 aromatic carbocycles. The molecule has 0 bridgehead atoms. The third-order valence-corrected chi connectivity index (χ3v) is 4.02. The largest absolute Gasteiger partial charge is 0.363 e. The van der Waals surface area contributed by atoms with E-state index in [4.69, 9.17) is 0 Å². The number of hydrogen-bond donors (Lipinski definition) is 2. The number of nitrogens with one attached hydrogen (secondary N) is 2. The second kappa shape index (κ2) is 10.4. The minimum atomic E-state index is -0.146. The second-order valence-corrected chi connectivity index (χ2v) is 6.61. The van der Waals surface area contributed by atoms with E-state index in [0.29, 0.717) is 13.1 Å². The number of nitrogens with zero attached hydrogens (tertiary/aromatic N) is 3. The van der Waals surface area contributed by atoms with Crippen LogP contribution in [0.15, 0.2) is 48.7 Å². The monoisotopic (exact) mass is 355 g/mol. The molecule has 6 heteroatoms. The van der Waals surface area contributed by atoms with Crippen molar-refractivity contribution in [1.29, 1.82) is 0 Å². The summed E-state index contributed by atoms with van der Waals surface area (Å²) in [6, 6.07) is 14.2. The van der Waals surface area contributed by atoms with E-state index in [2.05, 4.69) is 51.8 Å². The molecule has 0 atom stereocenters. The molecule has 2 amide bonds. The molecule has 1 aromatic heterocycles. The molecule has 2 N–H and O–H groups in total. The summed E-state index contributed by atoms with van der Waals surface area (Å²) in [5, 5.41) is 5.75. The highest BCUT2D eigenvalue weighted by molar-refractivity contribution is 5.73. The fraction of sp³-hybridized carbons (Fsp3) is 0.400. The van der Waals surface area contributed by atoms with E-state index in [1.165, 1.54) is 5.56 Å². The molecule has 0 aliphatic carbocycles. The van der Waals surface area contributed by atoms with Crippen LogP contribution in [0.4, 0.5) is 10.6 Å². The molecule has 0 unspecified atom stereocenters. The molecule has 140 valence electrons. The van der Waals surface area contributed by atoms with Crippen molar-refractivity contribution in [3.05, 3.63) is 59.8 Å². The van der Waals surface area contributed by atoms with Gasteiger partial charge in [-0.25, -0.2) is 9.78 Å². The number of anilines is 1. The molecular formula is C20H29N5O. The summed E-state index contributed by atoms with van der Waals surface area (Å²) in [6.45, 7) is 2.98. The van der Waals surface area contributed by atoms with Gasteiger partial charge in [0.15, 0.2) is 0 Å². The average molecular weight is 355 g/mol. The topological polar surface area (TPSA) is 60.5 Å². The Labute approximate surface area is 156 Å². The molecule has 0 radical (unpaired) electrons. The van der Waals surface area contributed by atoms with Crippen LogP contribution in [0.25, 0.3) is 0 Å². The molecule has 6 nitrogen and oxygen atoms in total. The number of pyridine rings is 1. The molecule has 0 saturated carbocycles. The Morgan fingerprint density at radius 3 is 2.42 bits per heavy atom. The maximum atomic E-state index is 11.9. The van der Waals surface area contributed by atoms with Crippen molar-refractivity contribution in [1.82, 2.24) is 20.5 Å². The van der Waals surface area contributed by atoms with Gasteiger partial charge in [-0.15, -0.1) is 0 Å². The van der Waals surface area contributed by atoms with Crippen LogP contribution in [-0.2, 0) is 13.1 Å². The Kier molecular flexibility index (Phi) is 7.89. The lowest BCUT2D eigenvalue weighted by Crippen LogP contribution is -2.36. The van der Waals surface area contributed by atoms with Gasteiger partial charge in [0.25, 0.3) is 0 Å². The number of benzene rings is 1. The number of carbonyl (C=O) groups is 1. The lowest BCUT2D eigenvalue weighted by Gasteiger charge is -2.17. The molecule has 0 saturated heterocycles. The van der Waals surface area contributed by atoms with Gasteiger partial charge in [-0.05, 0) is 37.2 Å². The number of hydrogen-bond acceptors (Lipinski definition) is 4. The third-order valence-electron chi connectivity index (χ3n) is 4.02. The van der Waals surface area contributed by atoms with E-state index in [1.807, 2.05) is 37.2 Å². The van der Waals surface area contributed by atoms with Crippen LogP contribution in [0.2, 0.25) is 0 Å². The zero-order valence-electron chi connectivity index (χ0n) is 15.9. The summed E-state index contributed by atoms with van der Waals surface area (Å²) in [5.74, 6) is 0.901. The maximum Gasteiger partial charge on any atom is 0.315 e. The van der Waals surface area contributed by atoms with E-state index in [-0.39, 0.29) is 6.03 Å². The quantitative estimate of drug-likeness (QED) is 0.679. The number of carbonyl (C=O) groups excluding carboxylic acids is 1. The molecule has 0 fully saturated rings. The normalized spacial score (nSPS) is 10.6. The fourth-order valence-electron chi connectivity index (χ4n) is 2.56. The minimum absolute atomic E-state index is 0.146.